The zero-order valence-corrected chi connectivity index (χ0v) is 15.7. The Kier molecular flexibility index (Phi) is 5.58. The number of phenolic OH excluding ortho intramolecular Hbond substituents is 1. The highest BCUT2D eigenvalue weighted by Gasteiger charge is 2.21. The van der Waals surface area contributed by atoms with Crippen LogP contribution < -0.4 is 4.74 Å². The van der Waals surface area contributed by atoms with Gasteiger partial charge in [0.2, 0.25) is 0 Å². The first-order valence-electron chi connectivity index (χ1n) is 9.60. The molecule has 1 aromatic heterocycles. The number of likely N-dealkylation sites (tertiary alicyclic amines) is 1. The van der Waals surface area contributed by atoms with Gasteiger partial charge >= 0.3 is 6.01 Å². The van der Waals surface area contributed by atoms with E-state index in [0.717, 1.165) is 31.6 Å². The van der Waals surface area contributed by atoms with E-state index in [1.807, 2.05) is 41.1 Å². The molecule has 5 nitrogen and oxygen atoms in total. The molecule has 3 aromatic rings. The van der Waals surface area contributed by atoms with Gasteiger partial charge in [-0.05, 0) is 62.2 Å². The van der Waals surface area contributed by atoms with Crippen LogP contribution in [-0.4, -0.2) is 39.3 Å². The van der Waals surface area contributed by atoms with E-state index in [1.54, 1.807) is 6.20 Å². The first kappa shape index (κ1) is 18.5. The lowest BCUT2D eigenvalue weighted by molar-refractivity contribution is 0.130. The number of aromatic hydroxyl groups is 1. The summed E-state index contributed by atoms with van der Waals surface area (Å²) in [6, 6.07) is 14.8. The van der Waals surface area contributed by atoms with Crippen LogP contribution in [0.2, 0.25) is 0 Å². The Balaban J connectivity index is 1.29. The highest BCUT2D eigenvalue weighted by atomic mass is 19.1. The van der Waals surface area contributed by atoms with Gasteiger partial charge in [-0.1, -0.05) is 18.2 Å². The van der Waals surface area contributed by atoms with Gasteiger partial charge in [-0.2, -0.15) is 0 Å². The van der Waals surface area contributed by atoms with Crippen molar-refractivity contribution in [1.29, 1.82) is 0 Å². The van der Waals surface area contributed by atoms with Crippen molar-refractivity contribution in [2.75, 3.05) is 19.7 Å². The summed E-state index contributed by atoms with van der Waals surface area (Å²) in [7, 11) is 0. The first-order valence-corrected chi connectivity index (χ1v) is 9.60. The number of aromatic nitrogens is 2. The van der Waals surface area contributed by atoms with Crippen molar-refractivity contribution in [3.63, 3.8) is 0 Å². The highest BCUT2D eigenvalue weighted by Crippen LogP contribution is 2.23. The number of para-hydroxylation sites is 1. The van der Waals surface area contributed by atoms with Gasteiger partial charge in [0.15, 0.2) is 0 Å². The number of hydrogen-bond acceptors (Lipinski definition) is 4. The normalized spacial score (nSPS) is 15.6. The molecular weight excluding hydrogens is 357 g/mol. The highest BCUT2D eigenvalue weighted by molar-refractivity contribution is 5.34. The van der Waals surface area contributed by atoms with Crippen molar-refractivity contribution in [2.24, 2.45) is 5.92 Å². The van der Waals surface area contributed by atoms with Crippen LogP contribution in [0, 0.1) is 11.7 Å². The van der Waals surface area contributed by atoms with E-state index in [1.165, 1.54) is 18.2 Å². The lowest BCUT2D eigenvalue weighted by Gasteiger charge is -2.31. The van der Waals surface area contributed by atoms with Crippen LogP contribution in [0.3, 0.4) is 0 Å². The van der Waals surface area contributed by atoms with Crippen molar-refractivity contribution >= 4 is 0 Å². The smallest absolute Gasteiger partial charge is 0.300 e. The van der Waals surface area contributed by atoms with Crippen LogP contribution in [-0.2, 0) is 6.54 Å². The van der Waals surface area contributed by atoms with E-state index in [2.05, 4.69) is 9.88 Å². The molecule has 1 N–H and O–H groups in total. The largest absolute Gasteiger partial charge is 0.508 e. The second kappa shape index (κ2) is 8.44. The Hall–Kier alpha value is -2.86. The van der Waals surface area contributed by atoms with Crippen LogP contribution in [0.15, 0.2) is 60.9 Å². The Morgan fingerprint density at radius 3 is 2.68 bits per heavy atom. The molecule has 0 saturated carbocycles. The summed E-state index contributed by atoms with van der Waals surface area (Å²) in [4.78, 5) is 6.55. The molecule has 0 spiro atoms. The van der Waals surface area contributed by atoms with Crippen LogP contribution in [0.5, 0.6) is 11.8 Å². The van der Waals surface area contributed by atoms with Crippen molar-refractivity contribution in [1.82, 2.24) is 14.5 Å². The summed E-state index contributed by atoms with van der Waals surface area (Å²) in [6.07, 6.45) is 5.63. The Morgan fingerprint density at radius 2 is 1.89 bits per heavy atom. The molecular formula is C22H24FN3O2. The number of phenols is 1. The number of benzene rings is 2. The minimum Gasteiger partial charge on any atom is -0.508 e. The third-order valence-corrected chi connectivity index (χ3v) is 5.22. The lowest BCUT2D eigenvalue weighted by Crippen LogP contribution is -2.35. The van der Waals surface area contributed by atoms with E-state index in [-0.39, 0.29) is 11.6 Å². The lowest BCUT2D eigenvalue weighted by atomic mass is 9.97. The molecule has 0 amide bonds. The zero-order chi connectivity index (χ0) is 19.3. The Morgan fingerprint density at radius 1 is 1.11 bits per heavy atom. The Labute approximate surface area is 164 Å². The van der Waals surface area contributed by atoms with E-state index < -0.39 is 0 Å². The fourth-order valence-corrected chi connectivity index (χ4v) is 3.61. The maximum absolute atomic E-state index is 13.9. The topological polar surface area (TPSA) is 50.5 Å². The summed E-state index contributed by atoms with van der Waals surface area (Å²) < 4.78 is 21.8. The second-order valence-electron chi connectivity index (χ2n) is 7.22. The van der Waals surface area contributed by atoms with E-state index in [0.29, 0.717) is 30.6 Å². The van der Waals surface area contributed by atoms with Crippen LogP contribution in [0.1, 0.15) is 18.4 Å². The predicted molar refractivity (Wildman–Crippen MR) is 105 cm³/mol. The summed E-state index contributed by atoms with van der Waals surface area (Å²) in [6.45, 7) is 2.91. The molecule has 0 unspecified atom stereocenters. The van der Waals surface area contributed by atoms with E-state index in [4.69, 9.17) is 4.74 Å². The van der Waals surface area contributed by atoms with Gasteiger partial charge in [0, 0.05) is 24.5 Å². The minimum absolute atomic E-state index is 0.105. The molecule has 1 aliphatic heterocycles. The van der Waals surface area contributed by atoms with Gasteiger partial charge in [-0.3, -0.25) is 9.47 Å². The molecule has 1 fully saturated rings. The van der Waals surface area contributed by atoms with Crippen LogP contribution in [0.4, 0.5) is 4.39 Å². The fourth-order valence-electron chi connectivity index (χ4n) is 3.61. The molecule has 0 atom stereocenters. The standard InChI is InChI=1S/C22H24FN3O2/c23-21-7-6-20(27)14-18(21)15-25-11-8-17(9-12-25)16-28-22-24-10-13-26(22)19-4-2-1-3-5-19/h1-7,10,13-14,17,27H,8-9,11-12,15-16H2. The number of nitrogens with zero attached hydrogens (tertiary/aromatic N) is 3. The van der Waals surface area contributed by atoms with Gasteiger partial charge in [0.25, 0.3) is 0 Å². The average molecular weight is 381 g/mol. The SMILES string of the molecule is Oc1ccc(F)c(CN2CCC(COc3nccn3-c3ccccc3)CC2)c1. The third kappa shape index (κ3) is 4.34. The van der Waals surface area contributed by atoms with Crippen LogP contribution in [0.25, 0.3) is 5.69 Å². The zero-order valence-electron chi connectivity index (χ0n) is 15.7. The molecule has 146 valence electrons. The van der Waals surface area contributed by atoms with Gasteiger partial charge in [-0.25, -0.2) is 9.37 Å². The maximum Gasteiger partial charge on any atom is 0.300 e. The number of piperidine rings is 1. The molecule has 1 aliphatic rings. The fraction of sp³-hybridized carbons (Fsp3) is 0.318. The predicted octanol–water partition coefficient (Wildman–Crippen LogP) is 4.01. The van der Waals surface area contributed by atoms with E-state index in [9.17, 15) is 9.50 Å². The number of hydrogen-bond donors (Lipinski definition) is 1. The quantitative estimate of drug-likeness (QED) is 0.701. The number of rotatable bonds is 6. The molecule has 2 heterocycles. The van der Waals surface area contributed by atoms with Crippen LogP contribution >= 0.6 is 0 Å². The average Bonchev–Trinajstić information content (AvgIpc) is 3.19. The van der Waals surface area contributed by atoms with Gasteiger partial charge in [-0.15, -0.1) is 0 Å². The second-order valence-corrected chi connectivity index (χ2v) is 7.22. The molecule has 0 radical (unpaired) electrons. The van der Waals surface area contributed by atoms with Gasteiger partial charge < -0.3 is 9.84 Å². The van der Waals surface area contributed by atoms with Crippen molar-refractivity contribution in [3.05, 3.63) is 72.3 Å². The van der Waals surface area contributed by atoms with Gasteiger partial charge in [0.1, 0.15) is 11.6 Å². The van der Waals surface area contributed by atoms with Crippen molar-refractivity contribution < 1.29 is 14.2 Å². The van der Waals surface area contributed by atoms with E-state index >= 15 is 0 Å². The molecule has 4 rings (SSSR count). The summed E-state index contributed by atoms with van der Waals surface area (Å²) in [5.41, 5.74) is 1.57. The molecule has 6 heteroatoms. The monoisotopic (exact) mass is 381 g/mol. The summed E-state index contributed by atoms with van der Waals surface area (Å²) in [5.74, 6) is 0.288. The number of halogens is 1. The molecule has 1 saturated heterocycles. The molecule has 0 aliphatic carbocycles. The van der Waals surface area contributed by atoms with Crippen molar-refractivity contribution in [3.8, 4) is 17.4 Å². The van der Waals surface area contributed by atoms with Crippen molar-refractivity contribution in [2.45, 2.75) is 19.4 Å². The molecule has 0 bridgehead atoms. The molecule has 2 aromatic carbocycles. The summed E-state index contributed by atoms with van der Waals surface area (Å²) in [5, 5.41) is 9.56. The number of ether oxygens (including phenoxy) is 1. The summed E-state index contributed by atoms with van der Waals surface area (Å²) >= 11 is 0. The Bertz CT molecular complexity index is 905. The third-order valence-electron chi connectivity index (χ3n) is 5.22. The first-order chi connectivity index (χ1) is 13.7. The molecule has 28 heavy (non-hydrogen) atoms. The van der Waals surface area contributed by atoms with Gasteiger partial charge in [0.05, 0.1) is 12.3 Å². The minimum atomic E-state index is -0.268. The number of imidazole rings is 1. The maximum atomic E-state index is 13.9.